The third-order valence-electron chi connectivity index (χ3n) is 6.97. The standard InChI is InChI=1S/C34H32N2O5/c1-3-4-18-40-29-16-15-26(19-23(29)2)32(37)30-31(36(34(39)33(30)38)22-24-10-9-17-35-21-24)25-11-8-14-28(20-25)41-27-12-6-5-7-13-27/h5-17,19-21,31,37H,3-4,18,22H2,1-2H3/b32-30+/t31-/m1/s1. The smallest absolute Gasteiger partial charge is 0.295 e. The van der Waals surface area contributed by atoms with Crippen LogP contribution in [0.2, 0.25) is 0 Å². The van der Waals surface area contributed by atoms with Crippen molar-refractivity contribution in [3.05, 3.63) is 125 Å². The summed E-state index contributed by atoms with van der Waals surface area (Å²) < 4.78 is 11.9. The summed E-state index contributed by atoms with van der Waals surface area (Å²) in [7, 11) is 0. The molecule has 0 bridgehead atoms. The van der Waals surface area contributed by atoms with E-state index in [9.17, 15) is 14.7 Å². The molecule has 7 heteroatoms. The second kappa shape index (κ2) is 12.5. The van der Waals surface area contributed by atoms with Crippen LogP contribution in [0.15, 0.2) is 103 Å². The molecule has 3 aromatic carbocycles. The Kier molecular flexibility index (Phi) is 8.44. The number of para-hydroxylation sites is 1. The zero-order valence-corrected chi connectivity index (χ0v) is 23.1. The van der Waals surface area contributed by atoms with Crippen LogP contribution in [0, 0.1) is 6.92 Å². The van der Waals surface area contributed by atoms with E-state index in [0.29, 0.717) is 35.0 Å². The molecule has 4 aromatic rings. The first-order chi connectivity index (χ1) is 20.0. The molecule has 208 valence electrons. The molecule has 1 aliphatic rings. The minimum Gasteiger partial charge on any atom is -0.507 e. The number of aryl methyl sites for hydroxylation is 1. The molecular weight excluding hydrogens is 516 g/mol. The molecule has 1 aliphatic heterocycles. The molecule has 1 N–H and O–H groups in total. The van der Waals surface area contributed by atoms with Gasteiger partial charge in [-0.05, 0) is 78.6 Å². The first kappa shape index (κ1) is 27.6. The van der Waals surface area contributed by atoms with E-state index in [1.165, 1.54) is 4.90 Å². The molecule has 0 aliphatic carbocycles. The molecule has 0 saturated carbocycles. The van der Waals surface area contributed by atoms with Gasteiger partial charge in [0, 0.05) is 24.5 Å². The van der Waals surface area contributed by atoms with Crippen LogP contribution in [0.4, 0.5) is 0 Å². The highest BCUT2D eigenvalue weighted by Gasteiger charge is 2.46. The lowest BCUT2D eigenvalue weighted by atomic mass is 9.94. The van der Waals surface area contributed by atoms with Crippen LogP contribution in [0.3, 0.4) is 0 Å². The highest BCUT2D eigenvalue weighted by molar-refractivity contribution is 6.46. The fourth-order valence-electron chi connectivity index (χ4n) is 4.89. The molecular formula is C34H32N2O5. The number of ether oxygens (including phenoxy) is 2. The number of carbonyl (C=O) groups excluding carboxylic acids is 2. The molecule has 1 saturated heterocycles. The van der Waals surface area contributed by atoms with Crippen molar-refractivity contribution >= 4 is 17.4 Å². The number of aliphatic hydroxyl groups is 1. The number of hydrogen-bond donors (Lipinski definition) is 1. The number of Topliss-reactive ketones (excluding diaryl/α,β-unsaturated/α-hetero) is 1. The Balaban J connectivity index is 1.57. The number of benzene rings is 3. The summed E-state index contributed by atoms with van der Waals surface area (Å²) in [6.45, 7) is 4.73. The van der Waals surface area contributed by atoms with E-state index < -0.39 is 17.7 Å². The molecule has 5 rings (SSSR count). The van der Waals surface area contributed by atoms with E-state index >= 15 is 0 Å². The Morgan fingerprint density at radius 1 is 0.951 bits per heavy atom. The van der Waals surface area contributed by atoms with Gasteiger partial charge in [-0.3, -0.25) is 14.6 Å². The molecule has 1 amide bonds. The number of aliphatic hydroxyl groups excluding tert-OH is 1. The molecule has 41 heavy (non-hydrogen) atoms. The van der Waals surface area contributed by atoms with Crippen LogP contribution in [0.25, 0.3) is 5.76 Å². The van der Waals surface area contributed by atoms with E-state index in [1.807, 2.05) is 61.5 Å². The minimum atomic E-state index is -0.838. The van der Waals surface area contributed by atoms with Crippen molar-refractivity contribution in [2.45, 2.75) is 39.3 Å². The quantitative estimate of drug-likeness (QED) is 0.0995. The van der Waals surface area contributed by atoms with Gasteiger partial charge in [0.2, 0.25) is 0 Å². The molecule has 1 aromatic heterocycles. The fraction of sp³-hybridized carbons (Fsp3) is 0.206. The zero-order chi connectivity index (χ0) is 28.8. The Labute approximate surface area is 239 Å². The minimum absolute atomic E-state index is 0.0230. The van der Waals surface area contributed by atoms with Gasteiger partial charge >= 0.3 is 0 Å². The van der Waals surface area contributed by atoms with Crippen molar-refractivity contribution in [2.75, 3.05) is 6.61 Å². The molecule has 2 heterocycles. The predicted molar refractivity (Wildman–Crippen MR) is 157 cm³/mol. The van der Waals surface area contributed by atoms with Gasteiger partial charge in [0.05, 0.1) is 18.2 Å². The summed E-state index contributed by atoms with van der Waals surface area (Å²) in [5.74, 6) is 0.252. The summed E-state index contributed by atoms with van der Waals surface area (Å²) in [4.78, 5) is 32.6. The number of unbranched alkanes of at least 4 members (excludes halogenated alkanes) is 1. The van der Waals surface area contributed by atoms with Crippen molar-refractivity contribution in [2.24, 2.45) is 0 Å². The van der Waals surface area contributed by atoms with Gasteiger partial charge in [-0.15, -0.1) is 0 Å². The molecule has 1 fully saturated rings. The number of amides is 1. The first-order valence-corrected chi connectivity index (χ1v) is 13.7. The number of carbonyl (C=O) groups is 2. The average Bonchev–Trinajstić information content (AvgIpc) is 3.24. The van der Waals surface area contributed by atoms with E-state index in [2.05, 4.69) is 11.9 Å². The van der Waals surface area contributed by atoms with Crippen molar-refractivity contribution in [1.29, 1.82) is 0 Å². The van der Waals surface area contributed by atoms with Gasteiger partial charge in [-0.1, -0.05) is 49.7 Å². The van der Waals surface area contributed by atoms with Gasteiger partial charge in [0.1, 0.15) is 23.0 Å². The summed E-state index contributed by atoms with van der Waals surface area (Å²) in [6, 6.07) is 24.7. The lowest BCUT2D eigenvalue weighted by molar-refractivity contribution is -0.140. The third-order valence-corrected chi connectivity index (χ3v) is 6.97. The second-order valence-corrected chi connectivity index (χ2v) is 9.96. The second-order valence-electron chi connectivity index (χ2n) is 9.96. The zero-order valence-electron chi connectivity index (χ0n) is 23.1. The SMILES string of the molecule is CCCCOc1ccc(/C(O)=C2\C(=O)C(=O)N(Cc3cccnc3)[C@@H]2c2cccc(Oc3ccccc3)c2)cc1C. The first-order valence-electron chi connectivity index (χ1n) is 13.7. The number of rotatable bonds is 10. The maximum absolute atomic E-state index is 13.5. The van der Waals surface area contributed by atoms with E-state index in [0.717, 1.165) is 24.0 Å². The number of likely N-dealkylation sites (tertiary alicyclic amines) is 1. The van der Waals surface area contributed by atoms with Crippen LogP contribution in [-0.2, 0) is 16.1 Å². The average molecular weight is 549 g/mol. The van der Waals surface area contributed by atoms with Crippen LogP contribution in [0.5, 0.6) is 17.2 Å². The van der Waals surface area contributed by atoms with Crippen LogP contribution in [-0.4, -0.2) is 33.3 Å². The molecule has 7 nitrogen and oxygen atoms in total. The molecule has 1 atom stereocenters. The van der Waals surface area contributed by atoms with Crippen molar-refractivity contribution in [1.82, 2.24) is 9.88 Å². The third kappa shape index (κ3) is 6.14. The number of ketones is 1. The highest BCUT2D eigenvalue weighted by atomic mass is 16.5. The van der Waals surface area contributed by atoms with Gasteiger partial charge < -0.3 is 19.5 Å². The summed E-state index contributed by atoms with van der Waals surface area (Å²) >= 11 is 0. The van der Waals surface area contributed by atoms with Crippen molar-refractivity contribution < 1.29 is 24.2 Å². The number of aromatic nitrogens is 1. The topological polar surface area (TPSA) is 89.0 Å². The van der Waals surface area contributed by atoms with Gasteiger partial charge in [-0.2, -0.15) is 0 Å². The van der Waals surface area contributed by atoms with Crippen molar-refractivity contribution in [3.63, 3.8) is 0 Å². The Bertz CT molecular complexity index is 1570. The van der Waals surface area contributed by atoms with Gasteiger partial charge in [0.25, 0.3) is 11.7 Å². The predicted octanol–water partition coefficient (Wildman–Crippen LogP) is 6.98. The van der Waals surface area contributed by atoms with E-state index in [-0.39, 0.29) is 17.9 Å². The maximum atomic E-state index is 13.5. The Morgan fingerprint density at radius 3 is 2.49 bits per heavy atom. The summed E-state index contributed by atoms with van der Waals surface area (Å²) in [6.07, 6.45) is 5.27. The Hall–Kier alpha value is -4.91. The number of nitrogens with zero attached hydrogens (tertiary/aromatic N) is 2. The van der Waals surface area contributed by atoms with Crippen LogP contribution >= 0.6 is 0 Å². The molecule has 0 spiro atoms. The van der Waals surface area contributed by atoms with Crippen LogP contribution < -0.4 is 9.47 Å². The fourth-order valence-corrected chi connectivity index (χ4v) is 4.89. The monoisotopic (exact) mass is 548 g/mol. The van der Waals surface area contributed by atoms with Gasteiger partial charge in [0.15, 0.2) is 0 Å². The highest BCUT2D eigenvalue weighted by Crippen LogP contribution is 2.41. The van der Waals surface area contributed by atoms with E-state index in [4.69, 9.17) is 9.47 Å². The summed E-state index contributed by atoms with van der Waals surface area (Å²) in [5.41, 5.74) is 2.69. The summed E-state index contributed by atoms with van der Waals surface area (Å²) in [5, 5.41) is 11.6. The number of hydrogen-bond acceptors (Lipinski definition) is 6. The van der Waals surface area contributed by atoms with E-state index in [1.54, 1.807) is 42.7 Å². The molecule has 0 radical (unpaired) electrons. The maximum Gasteiger partial charge on any atom is 0.295 e. The lowest BCUT2D eigenvalue weighted by Gasteiger charge is -2.25. The Morgan fingerprint density at radius 2 is 1.76 bits per heavy atom. The lowest BCUT2D eigenvalue weighted by Crippen LogP contribution is -2.29. The number of pyridine rings is 1. The van der Waals surface area contributed by atoms with Crippen molar-refractivity contribution in [3.8, 4) is 17.2 Å². The largest absolute Gasteiger partial charge is 0.507 e. The normalized spacial score (nSPS) is 16.1. The van der Waals surface area contributed by atoms with Crippen LogP contribution in [0.1, 0.15) is 48.1 Å². The van der Waals surface area contributed by atoms with Gasteiger partial charge in [-0.25, -0.2) is 0 Å². The molecule has 0 unspecified atom stereocenters.